The molecular formula is C23H18S6. The van der Waals surface area contributed by atoms with Crippen molar-refractivity contribution in [3.63, 3.8) is 0 Å². The Morgan fingerprint density at radius 3 is 2.34 bits per heavy atom. The standard InChI is InChI=1S/C23H18S6/c1-24-20-21(25-2)29-23(28-20)22-26-13-17(27-22)9-7-14-8-10-19-16(11-14)12-15-5-3-4-6-18(15)19/h3-11,13H,12H2,1-2H3/b9-7+. The van der Waals surface area contributed by atoms with Crippen LogP contribution < -0.4 is 0 Å². The van der Waals surface area contributed by atoms with Crippen LogP contribution in [0.2, 0.25) is 0 Å². The molecule has 29 heavy (non-hydrogen) atoms. The highest BCUT2D eigenvalue weighted by Gasteiger charge is 2.25. The SMILES string of the molecule is CSC1=C(SC)SC(=C2SC=C(/C=C/c3ccc4c(c3)Cc3ccccc3-4)S2)S1. The Bertz CT molecular complexity index is 1090. The van der Waals surface area contributed by atoms with Gasteiger partial charge in [0.05, 0.1) is 16.9 Å². The van der Waals surface area contributed by atoms with Crippen molar-refractivity contribution in [1.82, 2.24) is 0 Å². The van der Waals surface area contributed by atoms with E-state index in [0.717, 1.165) is 6.42 Å². The molecule has 0 bridgehead atoms. The summed E-state index contributed by atoms with van der Waals surface area (Å²) in [5, 5.41) is 2.28. The largest absolute Gasteiger partial charge is 0.121 e. The van der Waals surface area contributed by atoms with Crippen molar-refractivity contribution < 1.29 is 0 Å². The number of fused-ring (bicyclic) bond motifs is 3. The van der Waals surface area contributed by atoms with Gasteiger partial charge in [-0.2, -0.15) is 0 Å². The summed E-state index contributed by atoms with van der Waals surface area (Å²) in [7, 11) is 0. The molecule has 5 rings (SSSR count). The van der Waals surface area contributed by atoms with Crippen molar-refractivity contribution in [1.29, 1.82) is 0 Å². The van der Waals surface area contributed by atoms with E-state index in [2.05, 4.69) is 72.5 Å². The normalized spacial score (nSPS) is 18.1. The van der Waals surface area contributed by atoms with Gasteiger partial charge in [-0.05, 0) is 58.2 Å². The summed E-state index contributed by atoms with van der Waals surface area (Å²) in [6.07, 6.45) is 9.90. The van der Waals surface area contributed by atoms with Crippen LogP contribution in [-0.2, 0) is 6.42 Å². The molecule has 0 unspecified atom stereocenters. The molecule has 1 aliphatic carbocycles. The third-order valence-electron chi connectivity index (χ3n) is 4.83. The molecule has 3 aliphatic rings. The second kappa shape index (κ2) is 8.93. The van der Waals surface area contributed by atoms with Gasteiger partial charge in [0.2, 0.25) is 0 Å². The minimum atomic E-state index is 1.05. The molecule has 0 amide bonds. The quantitative estimate of drug-likeness (QED) is 0.358. The van der Waals surface area contributed by atoms with Gasteiger partial charge in [0.25, 0.3) is 0 Å². The Labute approximate surface area is 197 Å². The van der Waals surface area contributed by atoms with Gasteiger partial charge in [0.15, 0.2) is 0 Å². The van der Waals surface area contributed by atoms with Gasteiger partial charge in [0.1, 0.15) is 0 Å². The van der Waals surface area contributed by atoms with Crippen molar-refractivity contribution >= 4 is 76.6 Å². The van der Waals surface area contributed by atoms with Gasteiger partial charge in [-0.15, -0.1) is 23.5 Å². The number of allylic oxidation sites excluding steroid dienone is 1. The zero-order chi connectivity index (χ0) is 19.8. The number of hydrogen-bond acceptors (Lipinski definition) is 6. The maximum atomic E-state index is 2.35. The van der Waals surface area contributed by atoms with E-state index >= 15 is 0 Å². The predicted octanol–water partition coefficient (Wildman–Crippen LogP) is 9.05. The number of hydrogen-bond donors (Lipinski definition) is 0. The number of rotatable bonds is 4. The first-order valence-corrected chi connectivity index (χ1v) is 14.9. The summed E-state index contributed by atoms with van der Waals surface area (Å²) in [4.78, 5) is 1.32. The van der Waals surface area contributed by atoms with Crippen molar-refractivity contribution in [2.24, 2.45) is 0 Å². The maximum Gasteiger partial charge on any atom is 0.0717 e. The predicted molar refractivity (Wildman–Crippen MR) is 143 cm³/mol. The van der Waals surface area contributed by atoms with Gasteiger partial charge in [-0.1, -0.05) is 95.6 Å². The Morgan fingerprint density at radius 2 is 1.55 bits per heavy atom. The Kier molecular flexibility index (Phi) is 6.28. The van der Waals surface area contributed by atoms with Gasteiger partial charge in [-0.25, -0.2) is 0 Å². The molecule has 0 saturated heterocycles. The van der Waals surface area contributed by atoms with Crippen molar-refractivity contribution in [3.05, 3.63) is 92.5 Å². The summed E-state index contributed by atoms with van der Waals surface area (Å²) in [5.41, 5.74) is 6.96. The lowest BCUT2D eigenvalue weighted by molar-refractivity contribution is 1.26. The summed E-state index contributed by atoms with van der Waals surface area (Å²) < 4.78 is 5.73. The van der Waals surface area contributed by atoms with Gasteiger partial charge < -0.3 is 0 Å². The average molecular weight is 487 g/mol. The van der Waals surface area contributed by atoms with Crippen LogP contribution in [0.5, 0.6) is 0 Å². The molecule has 146 valence electrons. The smallest absolute Gasteiger partial charge is 0.0717 e. The first-order valence-electron chi connectivity index (χ1n) is 9.11. The van der Waals surface area contributed by atoms with Gasteiger partial charge in [-0.3, -0.25) is 0 Å². The van der Waals surface area contributed by atoms with Crippen molar-refractivity contribution in [3.8, 4) is 11.1 Å². The Balaban J connectivity index is 1.28. The number of thioether (sulfide) groups is 6. The molecule has 2 heterocycles. The highest BCUT2D eigenvalue weighted by atomic mass is 32.3. The molecular weight excluding hydrogens is 469 g/mol. The summed E-state index contributed by atoms with van der Waals surface area (Å²) in [5.74, 6) is 0. The number of benzene rings is 2. The van der Waals surface area contributed by atoms with Crippen LogP contribution in [-0.4, -0.2) is 12.5 Å². The van der Waals surface area contributed by atoms with E-state index in [4.69, 9.17) is 0 Å². The zero-order valence-electron chi connectivity index (χ0n) is 15.9. The van der Waals surface area contributed by atoms with E-state index in [1.54, 1.807) is 0 Å². The second-order valence-electron chi connectivity index (χ2n) is 6.59. The molecule has 0 nitrogen and oxygen atoms in total. The summed E-state index contributed by atoms with van der Waals surface area (Å²) in [6, 6.07) is 15.6. The molecule has 0 atom stereocenters. The van der Waals surface area contributed by atoms with E-state index in [0.29, 0.717) is 0 Å². The second-order valence-corrected chi connectivity index (χ2v) is 13.3. The minimum Gasteiger partial charge on any atom is -0.121 e. The van der Waals surface area contributed by atoms with Crippen LogP contribution in [0.3, 0.4) is 0 Å². The first kappa shape index (κ1) is 20.4. The topological polar surface area (TPSA) is 0 Å². The zero-order valence-corrected chi connectivity index (χ0v) is 20.8. The molecule has 0 spiro atoms. The van der Waals surface area contributed by atoms with Crippen LogP contribution >= 0.6 is 70.6 Å². The fraction of sp³-hybridized carbons (Fsp3) is 0.130. The van der Waals surface area contributed by atoms with Crippen LogP contribution in [0.1, 0.15) is 16.7 Å². The first-order chi connectivity index (χ1) is 14.2. The van der Waals surface area contributed by atoms with E-state index in [1.807, 2.05) is 70.6 Å². The molecule has 0 radical (unpaired) electrons. The van der Waals surface area contributed by atoms with Crippen LogP contribution in [0.15, 0.2) is 75.8 Å². The van der Waals surface area contributed by atoms with Gasteiger partial charge in [0, 0.05) is 4.91 Å². The lowest BCUT2D eigenvalue weighted by Gasteiger charge is -2.03. The highest BCUT2D eigenvalue weighted by Crippen LogP contribution is 2.61. The summed E-state index contributed by atoms with van der Waals surface area (Å²) >= 11 is 11.3. The fourth-order valence-electron chi connectivity index (χ4n) is 3.48. The molecule has 0 aromatic heterocycles. The average Bonchev–Trinajstić information content (AvgIpc) is 3.47. The van der Waals surface area contributed by atoms with E-state index < -0.39 is 0 Å². The van der Waals surface area contributed by atoms with Crippen LogP contribution in [0.4, 0.5) is 0 Å². The monoisotopic (exact) mass is 486 g/mol. The summed E-state index contributed by atoms with van der Waals surface area (Å²) in [6.45, 7) is 0. The van der Waals surface area contributed by atoms with Crippen LogP contribution in [0, 0.1) is 0 Å². The van der Waals surface area contributed by atoms with Gasteiger partial charge >= 0.3 is 0 Å². The molecule has 2 aromatic rings. The van der Waals surface area contributed by atoms with E-state index in [-0.39, 0.29) is 0 Å². The third-order valence-corrected chi connectivity index (χ3v) is 12.9. The molecule has 2 aliphatic heterocycles. The Hall–Kier alpha value is -0.500. The molecule has 0 fully saturated rings. The molecule has 0 N–H and O–H groups in total. The fourth-order valence-corrected chi connectivity index (χ4v) is 11.0. The minimum absolute atomic E-state index is 1.05. The lowest BCUT2D eigenvalue weighted by atomic mass is 10.0. The third kappa shape index (κ3) is 4.17. The van der Waals surface area contributed by atoms with Crippen LogP contribution in [0.25, 0.3) is 17.2 Å². The highest BCUT2D eigenvalue weighted by molar-refractivity contribution is 8.42. The Morgan fingerprint density at radius 1 is 0.793 bits per heavy atom. The molecule has 6 heteroatoms. The lowest BCUT2D eigenvalue weighted by Crippen LogP contribution is -1.81. The molecule has 2 aromatic carbocycles. The maximum absolute atomic E-state index is 2.35. The van der Waals surface area contributed by atoms with Crippen molar-refractivity contribution in [2.45, 2.75) is 6.42 Å². The van der Waals surface area contributed by atoms with E-state index in [1.165, 1.54) is 49.7 Å². The van der Waals surface area contributed by atoms with Crippen molar-refractivity contribution in [2.75, 3.05) is 12.5 Å². The molecule has 0 saturated carbocycles. The van der Waals surface area contributed by atoms with E-state index in [9.17, 15) is 0 Å².